The van der Waals surface area contributed by atoms with Gasteiger partial charge in [-0.05, 0) is 51.0 Å². The van der Waals surface area contributed by atoms with Gasteiger partial charge in [-0.2, -0.15) is 10.2 Å². The Morgan fingerprint density at radius 1 is 0.907 bits per heavy atom. The fraction of sp³-hybridized carbons (Fsp3) is 0.524. The first-order valence-electron chi connectivity index (χ1n) is 18.8. The quantitative estimate of drug-likeness (QED) is 0.0950. The summed E-state index contributed by atoms with van der Waals surface area (Å²) in [5.41, 5.74) is 5.10. The summed E-state index contributed by atoms with van der Waals surface area (Å²) in [5.74, 6) is 7.21. The number of hydrogen-bond donors (Lipinski definition) is 2. The van der Waals surface area contributed by atoms with Crippen LogP contribution in [0.5, 0.6) is 0 Å². The third kappa shape index (κ3) is 22.7. The minimum absolute atomic E-state index is 0.0599. The molecule has 0 aliphatic rings. The fourth-order valence-corrected chi connectivity index (χ4v) is 3.62. The van der Waals surface area contributed by atoms with Gasteiger partial charge in [0.25, 0.3) is 5.69 Å². The lowest BCUT2D eigenvalue weighted by Crippen LogP contribution is -2.13. The minimum atomic E-state index is -0.779. The Bertz CT molecular complexity index is 1610. The third-order valence-electron chi connectivity index (χ3n) is 5.77. The van der Waals surface area contributed by atoms with Gasteiger partial charge in [-0.1, -0.05) is 101 Å². The lowest BCUT2D eigenvalue weighted by atomic mass is 9.97. The highest BCUT2D eigenvalue weighted by molar-refractivity contribution is 5.79. The van der Waals surface area contributed by atoms with Gasteiger partial charge < -0.3 is 10.6 Å². The van der Waals surface area contributed by atoms with Crippen molar-refractivity contribution in [2.24, 2.45) is 25.4 Å². The Hall–Kier alpha value is -5.18. The van der Waals surface area contributed by atoms with Gasteiger partial charge in [0.05, 0.1) is 16.2 Å². The van der Waals surface area contributed by atoms with Crippen LogP contribution in [0.4, 0.5) is 11.4 Å². The van der Waals surface area contributed by atoms with E-state index >= 15 is 0 Å². The smallest absolute Gasteiger partial charge is 0.270 e. The molecule has 0 saturated heterocycles. The number of allylic oxidation sites excluding steroid dienone is 3. The second kappa shape index (κ2) is 31.4. The van der Waals surface area contributed by atoms with Gasteiger partial charge in [0, 0.05) is 92.5 Å². The van der Waals surface area contributed by atoms with Gasteiger partial charge in [0.1, 0.15) is 5.69 Å². The zero-order valence-electron chi connectivity index (χ0n) is 36.9. The molecular weight excluding hydrogens is 681 g/mol. The van der Waals surface area contributed by atoms with Crippen LogP contribution in [-0.2, 0) is 14.1 Å². The molecule has 2 heterocycles. The van der Waals surface area contributed by atoms with Crippen LogP contribution in [0.2, 0.25) is 0 Å². The maximum atomic E-state index is 10.8. The molecule has 0 aliphatic heterocycles. The molecule has 3 aromatic rings. The van der Waals surface area contributed by atoms with Crippen LogP contribution in [0.25, 0.3) is 16.8 Å². The Labute approximate surface area is 327 Å². The summed E-state index contributed by atoms with van der Waals surface area (Å²) in [6.45, 7) is 34.0. The van der Waals surface area contributed by atoms with Crippen LogP contribution < -0.4 is 10.6 Å². The largest absolute Gasteiger partial charge is 0.388 e. The molecular formula is C42H72N8O4. The lowest BCUT2D eigenvalue weighted by molar-refractivity contribution is -0.504. The highest BCUT2D eigenvalue weighted by Gasteiger charge is 2.15. The fourth-order valence-electron chi connectivity index (χ4n) is 3.62. The summed E-state index contributed by atoms with van der Waals surface area (Å²) < 4.78 is 3.36. The zero-order chi connectivity index (χ0) is 43.2. The van der Waals surface area contributed by atoms with Crippen LogP contribution in [0, 0.1) is 43.4 Å². The SMILES string of the molecule is C=C/C(=C(\C=C/C(C)[N+](=O)[O-])NC)c1nn(C)cc1C#CC(C)(C)C.CC.CC.CC.CC.CC(C)C.CNc1ccc([N+](=O)[O-])cc1-c1ccn(C)n1. The lowest BCUT2D eigenvalue weighted by Gasteiger charge is -2.09. The zero-order valence-corrected chi connectivity index (χ0v) is 36.9. The van der Waals surface area contributed by atoms with E-state index in [4.69, 9.17) is 0 Å². The van der Waals surface area contributed by atoms with E-state index in [1.54, 1.807) is 54.9 Å². The van der Waals surface area contributed by atoms with E-state index in [9.17, 15) is 20.2 Å². The summed E-state index contributed by atoms with van der Waals surface area (Å²) in [7, 11) is 7.16. The van der Waals surface area contributed by atoms with Gasteiger partial charge in [-0.15, -0.1) is 0 Å². The number of aryl methyl sites for hydroxylation is 2. The summed E-state index contributed by atoms with van der Waals surface area (Å²) in [5, 5.41) is 36.3. The number of likely N-dealkylation sites (N-methyl/N-ethyl adjacent to an activating group) is 1. The number of nitrogens with zero attached hydrogens (tertiary/aromatic N) is 6. The van der Waals surface area contributed by atoms with E-state index in [1.807, 2.05) is 95.5 Å². The number of anilines is 1. The number of nitro groups is 2. The molecule has 0 spiro atoms. The second-order valence-electron chi connectivity index (χ2n) is 12.1. The molecule has 54 heavy (non-hydrogen) atoms. The Kier molecular flexibility index (Phi) is 32.3. The van der Waals surface area contributed by atoms with Crippen molar-refractivity contribution in [1.29, 1.82) is 0 Å². The molecule has 12 nitrogen and oxygen atoms in total. The molecule has 0 fully saturated rings. The van der Waals surface area contributed by atoms with Crippen molar-refractivity contribution in [2.75, 3.05) is 19.4 Å². The molecule has 1 aromatic carbocycles. The Morgan fingerprint density at radius 2 is 1.44 bits per heavy atom. The number of aromatic nitrogens is 4. The highest BCUT2D eigenvalue weighted by Crippen LogP contribution is 2.30. The van der Waals surface area contributed by atoms with E-state index < -0.39 is 11.0 Å². The van der Waals surface area contributed by atoms with E-state index in [0.717, 1.165) is 28.3 Å². The van der Waals surface area contributed by atoms with Gasteiger partial charge >= 0.3 is 0 Å². The Balaban J connectivity index is -0.000000371. The number of benzene rings is 1. The molecule has 0 saturated carbocycles. The first-order valence-corrected chi connectivity index (χ1v) is 18.8. The van der Waals surface area contributed by atoms with Crippen molar-refractivity contribution in [3.63, 3.8) is 0 Å². The number of nitrogens with one attached hydrogen (secondary N) is 2. The van der Waals surface area contributed by atoms with Crippen LogP contribution in [-0.4, -0.2) is 49.5 Å². The topological polar surface area (TPSA) is 146 Å². The van der Waals surface area contributed by atoms with Crippen molar-refractivity contribution in [3.8, 4) is 23.1 Å². The molecule has 2 aromatic heterocycles. The van der Waals surface area contributed by atoms with Gasteiger partial charge in [-0.25, -0.2) is 0 Å². The maximum Gasteiger partial charge on any atom is 0.270 e. The van der Waals surface area contributed by atoms with Crippen molar-refractivity contribution in [2.45, 2.75) is 110 Å². The second-order valence-corrected chi connectivity index (χ2v) is 12.1. The molecule has 12 heteroatoms. The van der Waals surface area contributed by atoms with E-state index in [-0.39, 0.29) is 16.0 Å². The molecule has 0 amide bonds. The number of hydrogen-bond acceptors (Lipinski definition) is 8. The van der Waals surface area contributed by atoms with E-state index in [2.05, 4.69) is 60.0 Å². The molecule has 304 valence electrons. The predicted molar refractivity (Wildman–Crippen MR) is 232 cm³/mol. The Morgan fingerprint density at radius 3 is 1.83 bits per heavy atom. The average molecular weight is 753 g/mol. The minimum Gasteiger partial charge on any atom is -0.388 e. The molecule has 1 atom stereocenters. The van der Waals surface area contributed by atoms with E-state index in [1.165, 1.54) is 25.1 Å². The normalized spacial score (nSPS) is 10.7. The van der Waals surface area contributed by atoms with E-state index in [0.29, 0.717) is 17.1 Å². The monoisotopic (exact) mass is 753 g/mol. The first-order chi connectivity index (χ1) is 25.4. The summed E-state index contributed by atoms with van der Waals surface area (Å²) >= 11 is 0. The van der Waals surface area contributed by atoms with Crippen molar-refractivity contribution in [1.82, 2.24) is 24.9 Å². The van der Waals surface area contributed by atoms with Crippen LogP contribution in [0.15, 0.2) is 67.2 Å². The third-order valence-corrected chi connectivity index (χ3v) is 5.77. The molecule has 1 unspecified atom stereocenters. The summed E-state index contributed by atoms with van der Waals surface area (Å²) in [6.07, 6.45) is 8.54. The molecule has 3 rings (SSSR count). The standard InChI is InChI=1S/C19H26N4O2.C11H12N4O2.C4H10.4C2H6/c1-8-16(17(20-6)10-9-14(2)23(24)25)18-15(13-22(7)21-18)11-12-19(3,4)5;1-12-10-4-3-8(15(16)17)7-9(10)11-5-6-14(2)13-11;1-4(2)3;4*1-2/h8-10,13-14,20H,1H2,2-7H3;3-7,12H,1-2H3;4H,1-3H3;4*1-2H3/b10-9-,17-16-;;;;;;. The van der Waals surface area contributed by atoms with Crippen LogP contribution >= 0.6 is 0 Å². The molecule has 2 N–H and O–H groups in total. The van der Waals surface area contributed by atoms with Crippen molar-refractivity contribution in [3.05, 3.63) is 98.6 Å². The number of nitro benzene ring substituents is 1. The van der Waals surface area contributed by atoms with Crippen LogP contribution in [0.1, 0.15) is 115 Å². The number of rotatable bonds is 9. The average Bonchev–Trinajstić information content (AvgIpc) is 3.76. The summed E-state index contributed by atoms with van der Waals surface area (Å²) in [4.78, 5) is 20.8. The first kappa shape index (κ1) is 55.6. The predicted octanol–water partition coefficient (Wildman–Crippen LogP) is 11.0. The van der Waals surface area contributed by atoms with Gasteiger partial charge in [0.15, 0.2) is 0 Å². The number of non-ortho nitro benzene ring substituents is 1. The molecule has 0 aliphatic carbocycles. The van der Waals surface area contributed by atoms with Crippen molar-refractivity contribution < 1.29 is 9.85 Å². The van der Waals surface area contributed by atoms with Gasteiger partial charge in [-0.3, -0.25) is 29.6 Å². The molecule has 0 radical (unpaired) electrons. The molecule has 0 bridgehead atoms. The highest BCUT2D eigenvalue weighted by atomic mass is 16.6. The van der Waals surface area contributed by atoms with Crippen LogP contribution in [0.3, 0.4) is 0 Å². The van der Waals surface area contributed by atoms with Crippen molar-refractivity contribution >= 4 is 16.9 Å². The maximum absolute atomic E-state index is 10.8. The van der Waals surface area contributed by atoms with Gasteiger partial charge in [0.2, 0.25) is 6.04 Å². The summed E-state index contributed by atoms with van der Waals surface area (Å²) in [6, 6.07) is 5.72.